The summed E-state index contributed by atoms with van der Waals surface area (Å²) in [6.45, 7) is 3.79. The van der Waals surface area contributed by atoms with Crippen molar-refractivity contribution in [1.82, 2.24) is 5.32 Å². The van der Waals surface area contributed by atoms with Gasteiger partial charge in [-0.05, 0) is 31.0 Å². The van der Waals surface area contributed by atoms with Crippen molar-refractivity contribution in [1.29, 1.82) is 0 Å². The van der Waals surface area contributed by atoms with Crippen LogP contribution in [0.3, 0.4) is 0 Å². The molecule has 4 heteroatoms. The molecule has 0 spiro atoms. The van der Waals surface area contributed by atoms with Crippen LogP contribution in [0.25, 0.3) is 0 Å². The molecule has 0 aromatic heterocycles. The Hall–Kier alpha value is -1.42. The quantitative estimate of drug-likeness (QED) is 0.825. The van der Waals surface area contributed by atoms with Gasteiger partial charge in [0.2, 0.25) is 5.91 Å². The molecule has 1 amide bonds. The number of benzene rings is 1. The maximum Gasteiger partial charge on any atom is 0.237 e. The third kappa shape index (κ3) is 4.15. The van der Waals surface area contributed by atoms with E-state index in [9.17, 15) is 9.18 Å². The minimum absolute atomic E-state index is 0.191. The highest BCUT2D eigenvalue weighted by molar-refractivity contribution is 5.81. The Labute approximate surface area is 101 Å². The van der Waals surface area contributed by atoms with E-state index in [1.54, 1.807) is 12.1 Å². The molecule has 1 rings (SSSR count). The first-order chi connectivity index (χ1) is 8.04. The van der Waals surface area contributed by atoms with Gasteiger partial charge in [0.1, 0.15) is 5.82 Å². The van der Waals surface area contributed by atoms with E-state index in [0.29, 0.717) is 6.42 Å². The van der Waals surface area contributed by atoms with Crippen LogP contribution in [0, 0.1) is 5.82 Å². The Morgan fingerprint density at radius 1 is 1.53 bits per heavy atom. The second kappa shape index (κ2) is 6.35. The van der Waals surface area contributed by atoms with Gasteiger partial charge in [-0.3, -0.25) is 4.79 Å². The number of nitrogens with two attached hydrogens (primary N) is 1. The monoisotopic (exact) mass is 238 g/mol. The Morgan fingerprint density at radius 3 is 2.82 bits per heavy atom. The third-order valence-electron chi connectivity index (χ3n) is 2.64. The number of nitrogens with one attached hydrogen (secondary N) is 1. The molecule has 1 aromatic carbocycles. The zero-order chi connectivity index (χ0) is 12.8. The van der Waals surface area contributed by atoms with Crippen LogP contribution in [0.2, 0.25) is 0 Å². The maximum atomic E-state index is 13.0. The van der Waals surface area contributed by atoms with E-state index < -0.39 is 6.04 Å². The fourth-order valence-electron chi connectivity index (χ4n) is 1.62. The van der Waals surface area contributed by atoms with E-state index in [2.05, 4.69) is 5.32 Å². The number of hydrogen-bond donors (Lipinski definition) is 2. The first-order valence-electron chi connectivity index (χ1n) is 5.86. The molecule has 0 saturated carbocycles. The summed E-state index contributed by atoms with van der Waals surface area (Å²) in [6, 6.07) is 5.47. The zero-order valence-electron chi connectivity index (χ0n) is 10.2. The van der Waals surface area contributed by atoms with Crippen LogP contribution in [0.5, 0.6) is 0 Å². The molecule has 94 valence electrons. The van der Waals surface area contributed by atoms with Gasteiger partial charge < -0.3 is 11.1 Å². The number of hydrogen-bond acceptors (Lipinski definition) is 2. The number of rotatable bonds is 5. The summed E-state index contributed by atoms with van der Waals surface area (Å²) in [5.74, 6) is -0.495. The largest absolute Gasteiger partial charge is 0.348 e. The fraction of sp³-hybridized carbons (Fsp3) is 0.462. The molecule has 1 aromatic rings. The van der Waals surface area contributed by atoms with Gasteiger partial charge in [0.05, 0.1) is 12.1 Å². The van der Waals surface area contributed by atoms with Gasteiger partial charge in [-0.25, -0.2) is 4.39 Å². The molecule has 0 unspecified atom stereocenters. The summed E-state index contributed by atoms with van der Waals surface area (Å²) < 4.78 is 13.0. The highest BCUT2D eigenvalue weighted by Crippen LogP contribution is 2.13. The molecule has 0 bridgehead atoms. The summed E-state index contributed by atoms with van der Waals surface area (Å²) in [7, 11) is 0. The van der Waals surface area contributed by atoms with Crippen molar-refractivity contribution in [2.24, 2.45) is 5.73 Å². The Morgan fingerprint density at radius 2 is 2.24 bits per heavy atom. The predicted molar refractivity (Wildman–Crippen MR) is 65.8 cm³/mol. The van der Waals surface area contributed by atoms with Gasteiger partial charge >= 0.3 is 0 Å². The lowest BCUT2D eigenvalue weighted by atomic mass is 10.1. The van der Waals surface area contributed by atoms with Crippen LogP contribution in [-0.4, -0.2) is 11.9 Å². The van der Waals surface area contributed by atoms with Crippen LogP contribution >= 0.6 is 0 Å². The molecule has 0 aliphatic rings. The minimum atomic E-state index is -0.490. The normalized spacial score (nSPS) is 14.1. The number of carbonyl (C=O) groups is 1. The van der Waals surface area contributed by atoms with Crippen LogP contribution in [0.15, 0.2) is 24.3 Å². The average molecular weight is 238 g/mol. The predicted octanol–water partition coefficient (Wildman–Crippen LogP) is 2.13. The second-order valence-corrected chi connectivity index (χ2v) is 4.18. The van der Waals surface area contributed by atoms with Crippen molar-refractivity contribution < 1.29 is 9.18 Å². The van der Waals surface area contributed by atoms with Crippen LogP contribution in [-0.2, 0) is 4.79 Å². The SMILES string of the molecule is CCC[C@H](N)C(=O)N[C@H](C)c1cccc(F)c1. The summed E-state index contributed by atoms with van der Waals surface area (Å²) >= 11 is 0. The maximum absolute atomic E-state index is 13.0. The minimum Gasteiger partial charge on any atom is -0.348 e. The van der Waals surface area contributed by atoms with E-state index in [1.807, 2.05) is 13.8 Å². The van der Waals surface area contributed by atoms with E-state index in [4.69, 9.17) is 5.73 Å². The van der Waals surface area contributed by atoms with Gasteiger partial charge in [0, 0.05) is 0 Å². The van der Waals surface area contributed by atoms with Gasteiger partial charge in [0.15, 0.2) is 0 Å². The molecule has 0 radical (unpaired) electrons. The van der Waals surface area contributed by atoms with Crippen molar-refractivity contribution in [2.45, 2.75) is 38.8 Å². The molecule has 3 nitrogen and oxygen atoms in total. The first kappa shape index (κ1) is 13.6. The van der Waals surface area contributed by atoms with Gasteiger partial charge in [-0.15, -0.1) is 0 Å². The number of carbonyl (C=O) groups excluding carboxylic acids is 1. The average Bonchev–Trinajstić information content (AvgIpc) is 2.29. The number of halogens is 1. The van der Waals surface area contributed by atoms with E-state index in [0.717, 1.165) is 12.0 Å². The van der Waals surface area contributed by atoms with E-state index >= 15 is 0 Å². The van der Waals surface area contributed by atoms with Crippen LogP contribution in [0.1, 0.15) is 38.3 Å². The molecule has 0 fully saturated rings. The van der Waals surface area contributed by atoms with Crippen molar-refractivity contribution in [2.75, 3.05) is 0 Å². The molecular weight excluding hydrogens is 219 g/mol. The molecule has 0 aliphatic heterocycles. The Balaban J connectivity index is 2.60. The van der Waals surface area contributed by atoms with Crippen molar-refractivity contribution in [3.63, 3.8) is 0 Å². The molecular formula is C13H19FN2O. The third-order valence-corrected chi connectivity index (χ3v) is 2.64. The smallest absolute Gasteiger partial charge is 0.237 e. The lowest BCUT2D eigenvalue weighted by molar-refractivity contribution is -0.123. The lowest BCUT2D eigenvalue weighted by Crippen LogP contribution is -2.41. The Bertz CT molecular complexity index is 381. The summed E-state index contributed by atoms with van der Waals surface area (Å²) in [6.07, 6.45) is 1.52. The first-order valence-corrected chi connectivity index (χ1v) is 5.86. The topological polar surface area (TPSA) is 55.1 Å². The van der Waals surface area contributed by atoms with Crippen molar-refractivity contribution >= 4 is 5.91 Å². The van der Waals surface area contributed by atoms with Crippen molar-refractivity contribution in [3.05, 3.63) is 35.6 Å². The molecule has 0 saturated heterocycles. The van der Waals surface area contributed by atoms with Gasteiger partial charge in [0.25, 0.3) is 0 Å². The molecule has 17 heavy (non-hydrogen) atoms. The van der Waals surface area contributed by atoms with Gasteiger partial charge in [-0.2, -0.15) is 0 Å². The summed E-state index contributed by atoms with van der Waals surface area (Å²) in [5.41, 5.74) is 6.44. The fourth-order valence-corrected chi connectivity index (χ4v) is 1.62. The number of amides is 1. The Kier molecular flexibility index (Phi) is 5.10. The van der Waals surface area contributed by atoms with Crippen LogP contribution in [0.4, 0.5) is 4.39 Å². The highest BCUT2D eigenvalue weighted by Gasteiger charge is 2.15. The molecule has 0 aliphatic carbocycles. The second-order valence-electron chi connectivity index (χ2n) is 4.18. The highest BCUT2D eigenvalue weighted by atomic mass is 19.1. The summed E-state index contributed by atoms with van der Waals surface area (Å²) in [5, 5.41) is 2.78. The molecule has 0 heterocycles. The van der Waals surface area contributed by atoms with Crippen LogP contribution < -0.4 is 11.1 Å². The zero-order valence-corrected chi connectivity index (χ0v) is 10.2. The van der Waals surface area contributed by atoms with Crippen molar-refractivity contribution in [3.8, 4) is 0 Å². The molecule has 3 N–H and O–H groups in total. The summed E-state index contributed by atoms with van der Waals surface area (Å²) in [4.78, 5) is 11.7. The standard InChI is InChI=1S/C13H19FN2O/c1-3-5-12(15)13(17)16-9(2)10-6-4-7-11(14)8-10/h4,6-9,12H,3,5,15H2,1-2H3,(H,16,17)/t9-,12+/m1/s1. The lowest BCUT2D eigenvalue weighted by Gasteiger charge is -2.17. The van der Waals surface area contributed by atoms with Gasteiger partial charge in [-0.1, -0.05) is 25.5 Å². The van der Waals surface area contributed by atoms with E-state index in [1.165, 1.54) is 12.1 Å². The molecule has 2 atom stereocenters. The van der Waals surface area contributed by atoms with E-state index in [-0.39, 0.29) is 17.8 Å².